The monoisotopic (exact) mass is 248 g/mol. The van der Waals surface area contributed by atoms with Crippen molar-refractivity contribution in [2.75, 3.05) is 6.61 Å². The van der Waals surface area contributed by atoms with Crippen LogP contribution in [0.5, 0.6) is 0 Å². The lowest BCUT2D eigenvalue weighted by atomic mass is 9.95. The van der Waals surface area contributed by atoms with Crippen molar-refractivity contribution in [1.82, 2.24) is 19.9 Å². The van der Waals surface area contributed by atoms with Crippen LogP contribution in [0.4, 0.5) is 0 Å². The first-order valence-corrected chi connectivity index (χ1v) is 5.95. The number of esters is 1. The fourth-order valence-corrected chi connectivity index (χ4v) is 1.86. The van der Waals surface area contributed by atoms with Crippen molar-refractivity contribution in [3.63, 3.8) is 0 Å². The second kappa shape index (κ2) is 5.12. The average Bonchev–Trinajstić information content (AvgIpc) is 2.71. The molecule has 6 heteroatoms. The molecule has 0 saturated heterocycles. The molecule has 2 aromatic heterocycles. The molecule has 0 amide bonds. The van der Waals surface area contributed by atoms with E-state index >= 15 is 0 Å². The molecule has 2 heterocycles. The van der Waals surface area contributed by atoms with Gasteiger partial charge in [-0.3, -0.25) is 4.79 Å². The van der Waals surface area contributed by atoms with Gasteiger partial charge in [-0.25, -0.2) is 15.0 Å². The van der Waals surface area contributed by atoms with Gasteiger partial charge in [0.15, 0.2) is 5.65 Å². The van der Waals surface area contributed by atoms with Gasteiger partial charge in [-0.2, -0.15) is 0 Å². The number of nitrogens with one attached hydrogen (secondary N) is 1. The van der Waals surface area contributed by atoms with Crippen LogP contribution in [0.3, 0.4) is 0 Å². The van der Waals surface area contributed by atoms with E-state index < -0.39 is 5.92 Å². The minimum Gasteiger partial charge on any atom is -0.465 e. The van der Waals surface area contributed by atoms with E-state index in [1.165, 1.54) is 6.33 Å². The Morgan fingerprint density at radius 3 is 2.89 bits per heavy atom. The van der Waals surface area contributed by atoms with Crippen LogP contribution in [0.25, 0.3) is 11.2 Å². The van der Waals surface area contributed by atoms with Gasteiger partial charge in [0.25, 0.3) is 0 Å². The normalized spacial score (nSPS) is 12.9. The Morgan fingerprint density at radius 1 is 1.50 bits per heavy atom. The number of hydrogen-bond acceptors (Lipinski definition) is 5. The molecule has 0 aliphatic rings. The van der Waals surface area contributed by atoms with Gasteiger partial charge < -0.3 is 9.72 Å². The van der Waals surface area contributed by atoms with Crippen LogP contribution in [0, 0.1) is 5.92 Å². The van der Waals surface area contributed by atoms with Gasteiger partial charge in [0, 0.05) is 0 Å². The lowest BCUT2D eigenvalue weighted by molar-refractivity contribution is -0.146. The van der Waals surface area contributed by atoms with E-state index in [1.807, 2.05) is 13.8 Å². The number of aromatic amines is 1. The highest BCUT2D eigenvalue weighted by Crippen LogP contribution is 2.25. The van der Waals surface area contributed by atoms with Gasteiger partial charge in [0.1, 0.15) is 23.6 Å². The fraction of sp³-hybridized carbons (Fsp3) is 0.500. The summed E-state index contributed by atoms with van der Waals surface area (Å²) >= 11 is 0. The largest absolute Gasteiger partial charge is 0.465 e. The zero-order valence-electron chi connectivity index (χ0n) is 10.7. The van der Waals surface area contributed by atoms with Crippen molar-refractivity contribution in [1.29, 1.82) is 0 Å². The number of carbonyl (C=O) groups is 1. The molecule has 0 radical (unpaired) electrons. The SMILES string of the molecule is CCOC(=O)C(c1nc2ncncc2[nH]1)C(C)C. The zero-order chi connectivity index (χ0) is 13.1. The first-order chi connectivity index (χ1) is 8.63. The van der Waals surface area contributed by atoms with Crippen molar-refractivity contribution >= 4 is 17.1 Å². The van der Waals surface area contributed by atoms with Gasteiger partial charge in [-0.15, -0.1) is 0 Å². The van der Waals surface area contributed by atoms with Crippen LogP contribution in [0.15, 0.2) is 12.5 Å². The number of imidazole rings is 1. The van der Waals surface area contributed by atoms with Crippen molar-refractivity contribution in [2.45, 2.75) is 26.7 Å². The molecule has 1 N–H and O–H groups in total. The third kappa shape index (κ3) is 2.32. The molecular formula is C12H16N4O2. The van der Waals surface area contributed by atoms with E-state index in [2.05, 4.69) is 19.9 Å². The van der Waals surface area contributed by atoms with E-state index in [0.717, 1.165) is 5.52 Å². The Bertz CT molecular complexity index is 517. The smallest absolute Gasteiger partial charge is 0.316 e. The van der Waals surface area contributed by atoms with Crippen molar-refractivity contribution < 1.29 is 9.53 Å². The number of ether oxygens (including phenoxy) is 1. The molecule has 0 aliphatic carbocycles. The molecule has 2 rings (SSSR count). The number of fused-ring (bicyclic) bond motifs is 1. The predicted octanol–water partition coefficient (Wildman–Crippen LogP) is 1.66. The van der Waals surface area contributed by atoms with Gasteiger partial charge in [-0.05, 0) is 12.8 Å². The van der Waals surface area contributed by atoms with Gasteiger partial charge in [0.05, 0.1) is 12.8 Å². The summed E-state index contributed by atoms with van der Waals surface area (Å²) < 4.78 is 5.08. The summed E-state index contributed by atoms with van der Waals surface area (Å²) in [4.78, 5) is 27.3. The molecule has 0 saturated carbocycles. The number of carbonyl (C=O) groups excluding carboxylic acids is 1. The zero-order valence-corrected chi connectivity index (χ0v) is 10.7. The molecule has 0 spiro atoms. The first-order valence-electron chi connectivity index (χ1n) is 5.95. The molecule has 0 aromatic carbocycles. The summed E-state index contributed by atoms with van der Waals surface area (Å²) in [6.45, 7) is 6.07. The Balaban J connectivity index is 2.38. The van der Waals surface area contributed by atoms with E-state index in [9.17, 15) is 4.79 Å². The molecule has 6 nitrogen and oxygen atoms in total. The van der Waals surface area contributed by atoms with E-state index in [1.54, 1.807) is 13.1 Å². The highest BCUT2D eigenvalue weighted by atomic mass is 16.5. The topological polar surface area (TPSA) is 80.8 Å². The number of rotatable bonds is 4. The predicted molar refractivity (Wildman–Crippen MR) is 65.9 cm³/mol. The van der Waals surface area contributed by atoms with Crippen LogP contribution in [0.2, 0.25) is 0 Å². The van der Waals surface area contributed by atoms with E-state index in [-0.39, 0.29) is 11.9 Å². The standard InChI is InChI=1S/C12H16N4O2/c1-4-18-12(17)9(7(2)3)11-15-8-5-13-6-14-10(8)16-11/h5-7,9H,4H2,1-3H3,(H,13,14,15,16). The fourth-order valence-electron chi connectivity index (χ4n) is 1.86. The van der Waals surface area contributed by atoms with Crippen molar-refractivity contribution in [2.24, 2.45) is 5.92 Å². The quantitative estimate of drug-likeness (QED) is 0.832. The summed E-state index contributed by atoms with van der Waals surface area (Å²) in [5.74, 6) is 0.00943. The minimum absolute atomic E-state index is 0.0950. The lowest BCUT2D eigenvalue weighted by Gasteiger charge is -2.16. The Morgan fingerprint density at radius 2 is 2.28 bits per heavy atom. The third-order valence-electron chi connectivity index (χ3n) is 2.68. The van der Waals surface area contributed by atoms with Crippen LogP contribution in [0.1, 0.15) is 32.5 Å². The van der Waals surface area contributed by atoms with E-state index in [0.29, 0.717) is 18.1 Å². The minimum atomic E-state index is -0.404. The van der Waals surface area contributed by atoms with Gasteiger partial charge in [-0.1, -0.05) is 13.8 Å². The number of hydrogen-bond donors (Lipinski definition) is 1. The van der Waals surface area contributed by atoms with E-state index in [4.69, 9.17) is 4.74 Å². The summed E-state index contributed by atoms with van der Waals surface area (Å²) in [6, 6.07) is 0. The van der Waals surface area contributed by atoms with Crippen LogP contribution in [-0.2, 0) is 9.53 Å². The van der Waals surface area contributed by atoms with Crippen LogP contribution < -0.4 is 0 Å². The van der Waals surface area contributed by atoms with Crippen molar-refractivity contribution in [3.05, 3.63) is 18.3 Å². The molecule has 96 valence electrons. The molecule has 1 unspecified atom stereocenters. The number of nitrogens with zero attached hydrogens (tertiary/aromatic N) is 3. The van der Waals surface area contributed by atoms with Crippen LogP contribution >= 0.6 is 0 Å². The molecule has 0 fully saturated rings. The molecule has 1 atom stereocenters. The Hall–Kier alpha value is -1.98. The van der Waals surface area contributed by atoms with Crippen molar-refractivity contribution in [3.8, 4) is 0 Å². The second-order valence-electron chi connectivity index (χ2n) is 4.36. The second-order valence-corrected chi connectivity index (χ2v) is 4.36. The third-order valence-corrected chi connectivity index (χ3v) is 2.68. The highest BCUT2D eigenvalue weighted by molar-refractivity contribution is 5.79. The number of aromatic nitrogens is 4. The summed E-state index contributed by atoms with van der Waals surface area (Å²) in [5.41, 5.74) is 1.29. The molecule has 18 heavy (non-hydrogen) atoms. The number of H-pyrrole nitrogens is 1. The first kappa shape index (κ1) is 12.5. The average molecular weight is 248 g/mol. The summed E-state index contributed by atoms with van der Waals surface area (Å²) in [6.07, 6.45) is 3.07. The highest BCUT2D eigenvalue weighted by Gasteiger charge is 2.28. The molecular weight excluding hydrogens is 232 g/mol. The summed E-state index contributed by atoms with van der Waals surface area (Å²) in [5, 5.41) is 0. The molecule has 0 bridgehead atoms. The molecule has 2 aromatic rings. The molecule has 0 aliphatic heterocycles. The lowest BCUT2D eigenvalue weighted by Crippen LogP contribution is -2.22. The maximum atomic E-state index is 11.9. The maximum absolute atomic E-state index is 11.9. The Labute approximate surface area is 105 Å². The van der Waals surface area contributed by atoms with Crippen LogP contribution in [-0.4, -0.2) is 32.5 Å². The Kier molecular flexibility index (Phi) is 3.55. The van der Waals surface area contributed by atoms with Gasteiger partial charge in [0.2, 0.25) is 0 Å². The summed E-state index contributed by atoms with van der Waals surface area (Å²) in [7, 11) is 0. The maximum Gasteiger partial charge on any atom is 0.316 e. The van der Waals surface area contributed by atoms with Gasteiger partial charge >= 0.3 is 5.97 Å².